The van der Waals surface area contributed by atoms with E-state index in [0.717, 1.165) is 17.1 Å². The summed E-state index contributed by atoms with van der Waals surface area (Å²) in [5.41, 5.74) is 1.15. The maximum Gasteiger partial charge on any atom is 0.242 e. The fourth-order valence-corrected chi connectivity index (χ4v) is 3.29. The Morgan fingerprint density at radius 3 is 1.84 bits per heavy atom. The zero-order chi connectivity index (χ0) is 14.7. The van der Waals surface area contributed by atoms with Crippen LogP contribution in [0.15, 0.2) is 24.3 Å². The standard InChI is InChI=1S/C15H26O2Si2/c1-8-9-13-10-11-14(16-18(2,3)4)15(12-13)17-19(5,6)7/h8-12H,1-7H3/b9-8+. The molecule has 0 saturated heterocycles. The van der Waals surface area contributed by atoms with Gasteiger partial charge >= 0.3 is 0 Å². The average molecular weight is 295 g/mol. The normalized spacial score (nSPS) is 12.8. The van der Waals surface area contributed by atoms with Gasteiger partial charge in [0.15, 0.2) is 0 Å². The molecule has 0 atom stereocenters. The number of allylic oxidation sites excluding steroid dienone is 1. The van der Waals surface area contributed by atoms with Gasteiger partial charge in [-0.3, -0.25) is 0 Å². The Bertz CT molecular complexity index is 454. The van der Waals surface area contributed by atoms with Gasteiger partial charge in [0.05, 0.1) is 0 Å². The lowest BCUT2D eigenvalue weighted by Gasteiger charge is -2.26. The van der Waals surface area contributed by atoms with Crippen LogP contribution in [0, 0.1) is 0 Å². The summed E-state index contributed by atoms with van der Waals surface area (Å²) in [7, 11) is -3.26. The predicted octanol–water partition coefficient (Wildman–Crippen LogP) is 5.15. The minimum Gasteiger partial charge on any atom is -0.542 e. The maximum absolute atomic E-state index is 6.17. The summed E-state index contributed by atoms with van der Waals surface area (Å²) in [6.07, 6.45) is 4.11. The lowest BCUT2D eigenvalue weighted by Crippen LogP contribution is -2.32. The molecule has 0 saturated carbocycles. The number of rotatable bonds is 5. The minimum atomic E-state index is -1.64. The third-order valence-corrected chi connectivity index (χ3v) is 3.82. The van der Waals surface area contributed by atoms with Gasteiger partial charge in [0.1, 0.15) is 11.5 Å². The van der Waals surface area contributed by atoms with E-state index in [9.17, 15) is 0 Å². The smallest absolute Gasteiger partial charge is 0.242 e. The van der Waals surface area contributed by atoms with Crippen molar-refractivity contribution in [2.45, 2.75) is 46.2 Å². The van der Waals surface area contributed by atoms with Gasteiger partial charge < -0.3 is 8.85 Å². The second kappa shape index (κ2) is 5.97. The van der Waals surface area contributed by atoms with Crippen molar-refractivity contribution in [1.29, 1.82) is 0 Å². The minimum absolute atomic E-state index is 0.884. The van der Waals surface area contributed by atoms with E-state index in [2.05, 4.69) is 57.5 Å². The van der Waals surface area contributed by atoms with Crippen LogP contribution in [-0.4, -0.2) is 16.6 Å². The van der Waals surface area contributed by atoms with E-state index >= 15 is 0 Å². The molecule has 0 bridgehead atoms. The first-order valence-electron chi connectivity index (χ1n) is 6.75. The first-order chi connectivity index (χ1) is 8.61. The molecule has 1 aromatic rings. The fraction of sp³-hybridized carbons (Fsp3) is 0.467. The van der Waals surface area contributed by atoms with Gasteiger partial charge in [-0.15, -0.1) is 0 Å². The first kappa shape index (κ1) is 16.0. The highest BCUT2D eigenvalue weighted by Crippen LogP contribution is 2.32. The van der Waals surface area contributed by atoms with Crippen molar-refractivity contribution < 1.29 is 8.85 Å². The van der Waals surface area contributed by atoms with Crippen molar-refractivity contribution in [3.63, 3.8) is 0 Å². The third kappa shape index (κ3) is 6.12. The van der Waals surface area contributed by atoms with Gasteiger partial charge in [-0.25, -0.2) is 0 Å². The van der Waals surface area contributed by atoms with Crippen molar-refractivity contribution in [3.05, 3.63) is 29.8 Å². The number of hydrogen-bond donors (Lipinski definition) is 0. The largest absolute Gasteiger partial charge is 0.542 e. The van der Waals surface area contributed by atoms with Crippen LogP contribution in [-0.2, 0) is 0 Å². The van der Waals surface area contributed by atoms with Crippen LogP contribution in [0.2, 0.25) is 39.3 Å². The van der Waals surface area contributed by atoms with Crippen LogP contribution >= 0.6 is 0 Å². The summed E-state index contributed by atoms with van der Waals surface area (Å²) in [5, 5.41) is 0. The molecule has 4 heteroatoms. The Morgan fingerprint density at radius 1 is 0.842 bits per heavy atom. The highest BCUT2D eigenvalue weighted by atomic mass is 28.4. The molecule has 0 aromatic heterocycles. The third-order valence-electron chi connectivity index (χ3n) is 2.16. The van der Waals surface area contributed by atoms with E-state index in [-0.39, 0.29) is 0 Å². The highest BCUT2D eigenvalue weighted by molar-refractivity contribution is 6.71. The molecular weight excluding hydrogens is 268 g/mol. The summed E-state index contributed by atoms with van der Waals surface area (Å²) in [5.74, 6) is 1.77. The van der Waals surface area contributed by atoms with E-state index in [1.807, 2.05) is 19.1 Å². The summed E-state index contributed by atoms with van der Waals surface area (Å²) in [4.78, 5) is 0. The van der Waals surface area contributed by atoms with E-state index in [1.165, 1.54) is 0 Å². The summed E-state index contributed by atoms with van der Waals surface area (Å²) in [6.45, 7) is 15.1. The second-order valence-electron chi connectivity index (χ2n) is 6.64. The van der Waals surface area contributed by atoms with Gasteiger partial charge in [-0.2, -0.15) is 0 Å². The van der Waals surface area contributed by atoms with Crippen molar-refractivity contribution in [2.75, 3.05) is 0 Å². The van der Waals surface area contributed by atoms with Crippen LogP contribution in [0.25, 0.3) is 6.08 Å². The quantitative estimate of drug-likeness (QED) is 0.699. The zero-order valence-corrected chi connectivity index (χ0v) is 15.2. The zero-order valence-electron chi connectivity index (χ0n) is 13.2. The van der Waals surface area contributed by atoms with Gasteiger partial charge in [0.25, 0.3) is 0 Å². The molecule has 1 rings (SSSR count). The van der Waals surface area contributed by atoms with Gasteiger partial charge in [0.2, 0.25) is 16.6 Å². The van der Waals surface area contributed by atoms with E-state index < -0.39 is 16.6 Å². The Labute approximate surface area is 119 Å². The number of benzene rings is 1. The van der Waals surface area contributed by atoms with Gasteiger partial charge in [-0.1, -0.05) is 18.2 Å². The molecule has 106 valence electrons. The molecule has 0 aliphatic carbocycles. The van der Waals surface area contributed by atoms with Crippen molar-refractivity contribution in [1.82, 2.24) is 0 Å². The fourth-order valence-electron chi connectivity index (χ4n) is 1.64. The van der Waals surface area contributed by atoms with Crippen molar-refractivity contribution in [2.24, 2.45) is 0 Å². The first-order valence-corrected chi connectivity index (χ1v) is 13.6. The SMILES string of the molecule is C/C=C/c1ccc(O[Si](C)(C)C)c(O[Si](C)(C)C)c1. The molecule has 0 aliphatic rings. The monoisotopic (exact) mass is 294 g/mol. The Balaban J connectivity index is 3.14. The topological polar surface area (TPSA) is 18.5 Å². The molecule has 0 radical (unpaired) electrons. The molecule has 1 aromatic carbocycles. The lowest BCUT2D eigenvalue weighted by molar-refractivity contribution is 0.489. The molecule has 19 heavy (non-hydrogen) atoms. The molecule has 0 spiro atoms. The molecule has 0 fully saturated rings. The van der Waals surface area contributed by atoms with E-state index in [4.69, 9.17) is 8.85 Å². The molecule has 2 nitrogen and oxygen atoms in total. The van der Waals surface area contributed by atoms with E-state index in [0.29, 0.717) is 0 Å². The summed E-state index contributed by atoms with van der Waals surface area (Å²) >= 11 is 0. The van der Waals surface area contributed by atoms with Crippen LogP contribution < -0.4 is 8.85 Å². The molecule has 0 N–H and O–H groups in total. The van der Waals surface area contributed by atoms with Crippen LogP contribution in [0.1, 0.15) is 12.5 Å². The molecule has 0 aliphatic heterocycles. The highest BCUT2D eigenvalue weighted by Gasteiger charge is 2.22. The van der Waals surface area contributed by atoms with Crippen molar-refractivity contribution in [3.8, 4) is 11.5 Å². The van der Waals surface area contributed by atoms with Gasteiger partial charge in [0, 0.05) is 0 Å². The van der Waals surface area contributed by atoms with Gasteiger partial charge in [-0.05, 0) is 63.9 Å². The summed E-state index contributed by atoms with van der Waals surface area (Å²) in [6, 6.07) is 6.18. The lowest BCUT2D eigenvalue weighted by atomic mass is 10.2. The number of hydrogen-bond acceptors (Lipinski definition) is 2. The van der Waals surface area contributed by atoms with Crippen molar-refractivity contribution >= 4 is 22.7 Å². The average Bonchev–Trinajstić information content (AvgIpc) is 2.18. The van der Waals surface area contributed by atoms with E-state index in [1.54, 1.807) is 0 Å². The molecule has 0 amide bonds. The molecular formula is C15H26O2Si2. The summed E-state index contributed by atoms with van der Waals surface area (Å²) < 4.78 is 12.3. The Morgan fingerprint density at radius 2 is 1.37 bits per heavy atom. The van der Waals surface area contributed by atoms with Crippen LogP contribution in [0.3, 0.4) is 0 Å². The second-order valence-corrected chi connectivity index (χ2v) is 15.5. The maximum atomic E-state index is 6.17. The van der Waals surface area contributed by atoms with Crippen LogP contribution in [0.5, 0.6) is 11.5 Å². The molecule has 0 heterocycles. The predicted molar refractivity (Wildman–Crippen MR) is 89.1 cm³/mol. The Kier molecular flexibility index (Phi) is 5.04. The Hall–Kier alpha value is -1.01. The molecule has 0 unspecified atom stereocenters. The van der Waals surface area contributed by atoms with Crippen LogP contribution in [0.4, 0.5) is 0 Å².